The summed E-state index contributed by atoms with van der Waals surface area (Å²) in [5, 5.41) is 8.30. The molecule has 0 saturated carbocycles. The van der Waals surface area contributed by atoms with E-state index < -0.39 is 0 Å². The van der Waals surface area contributed by atoms with Crippen LogP contribution in [-0.2, 0) is 6.42 Å². The van der Waals surface area contributed by atoms with Gasteiger partial charge in [-0.3, -0.25) is 0 Å². The van der Waals surface area contributed by atoms with Crippen LogP contribution in [0.1, 0.15) is 70.3 Å². The summed E-state index contributed by atoms with van der Waals surface area (Å²) in [5.41, 5.74) is 1.52. The zero-order chi connectivity index (χ0) is 19.9. The Morgan fingerprint density at radius 2 is 1.03 bits per heavy atom. The zero-order valence-electron chi connectivity index (χ0n) is 17.9. The molecular formula is C29H34. The highest BCUT2D eigenvalue weighted by Crippen LogP contribution is 2.33. The lowest BCUT2D eigenvalue weighted by atomic mass is 9.92. The van der Waals surface area contributed by atoms with Crippen LogP contribution in [0.3, 0.4) is 0 Å². The van der Waals surface area contributed by atoms with Gasteiger partial charge in [-0.15, -0.1) is 0 Å². The van der Waals surface area contributed by atoms with Gasteiger partial charge >= 0.3 is 0 Å². The number of rotatable bonds is 10. The summed E-state index contributed by atoms with van der Waals surface area (Å²) in [5.74, 6) is 0. The molecule has 0 spiro atoms. The number of hydrogen-bond acceptors (Lipinski definition) is 0. The van der Waals surface area contributed by atoms with Crippen LogP contribution in [-0.4, -0.2) is 0 Å². The molecule has 0 nitrogen and oxygen atoms in total. The van der Waals surface area contributed by atoms with Crippen molar-refractivity contribution in [2.75, 3.05) is 0 Å². The highest BCUT2D eigenvalue weighted by molar-refractivity contribution is 6.13. The molecule has 0 heterocycles. The fourth-order valence-electron chi connectivity index (χ4n) is 4.70. The summed E-state index contributed by atoms with van der Waals surface area (Å²) in [4.78, 5) is 0. The normalized spacial score (nSPS) is 11.6. The van der Waals surface area contributed by atoms with Crippen molar-refractivity contribution in [2.45, 2.75) is 71.1 Å². The van der Waals surface area contributed by atoms with E-state index in [9.17, 15) is 0 Å². The molecule has 0 bridgehead atoms. The largest absolute Gasteiger partial charge is 0.0654 e. The van der Waals surface area contributed by atoms with Crippen molar-refractivity contribution in [1.29, 1.82) is 0 Å². The van der Waals surface area contributed by atoms with Crippen LogP contribution in [0.5, 0.6) is 0 Å². The van der Waals surface area contributed by atoms with E-state index in [0.29, 0.717) is 0 Å². The first kappa shape index (κ1) is 20.0. The molecule has 0 aromatic heterocycles. The Morgan fingerprint density at radius 1 is 0.483 bits per heavy atom. The van der Waals surface area contributed by atoms with Crippen molar-refractivity contribution in [2.24, 2.45) is 0 Å². The first-order valence-corrected chi connectivity index (χ1v) is 11.7. The maximum absolute atomic E-state index is 2.44. The molecule has 0 unspecified atom stereocenters. The number of aryl methyl sites for hydroxylation is 1. The van der Waals surface area contributed by atoms with Gasteiger partial charge in [0.15, 0.2) is 0 Å². The van der Waals surface area contributed by atoms with Gasteiger partial charge in [-0.05, 0) is 62.9 Å². The van der Waals surface area contributed by atoms with Gasteiger partial charge in [-0.2, -0.15) is 0 Å². The number of benzene rings is 4. The first-order chi connectivity index (χ1) is 14.4. The third-order valence-corrected chi connectivity index (χ3v) is 6.36. The van der Waals surface area contributed by atoms with Crippen LogP contribution in [0.25, 0.3) is 32.3 Å². The third kappa shape index (κ3) is 4.81. The highest BCUT2D eigenvalue weighted by atomic mass is 14.1. The van der Waals surface area contributed by atoms with Crippen molar-refractivity contribution in [3.05, 3.63) is 72.3 Å². The quantitative estimate of drug-likeness (QED) is 0.146. The van der Waals surface area contributed by atoms with E-state index in [1.54, 1.807) is 0 Å². The standard InChI is InChI=1S/C29H34/c1-2-3-4-5-6-7-8-9-10-17-26-20-25-18-13-14-19-27(25)29-22-24-16-12-11-15-23(24)21-28(26)29/h11-16,18-22H,2-10,17H2,1H3. The summed E-state index contributed by atoms with van der Waals surface area (Å²) in [7, 11) is 0. The predicted octanol–water partition coefficient (Wildman–Crippen LogP) is 9.22. The van der Waals surface area contributed by atoms with Gasteiger partial charge in [-0.1, -0.05) is 113 Å². The highest BCUT2D eigenvalue weighted by Gasteiger charge is 2.08. The Bertz CT molecular complexity index is 1070. The van der Waals surface area contributed by atoms with E-state index in [0.717, 1.165) is 0 Å². The van der Waals surface area contributed by atoms with Crippen molar-refractivity contribution in [3.63, 3.8) is 0 Å². The predicted molar refractivity (Wildman–Crippen MR) is 130 cm³/mol. The molecule has 150 valence electrons. The smallest absolute Gasteiger partial charge is 0.00963 e. The maximum atomic E-state index is 2.44. The average molecular weight is 383 g/mol. The molecule has 0 atom stereocenters. The van der Waals surface area contributed by atoms with Gasteiger partial charge in [0.05, 0.1) is 0 Å². The monoisotopic (exact) mass is 382 g/mol. The number of unbranched alkanes of at least 4 members (excludes halogenated alkanes) is 8. The van der Waals surface area contributed by atoms with Crippen molar-refractivity contribution >= 4 is 32.3 Å². The molecule has 4 aromatic rings. The average Bonchev–Trinajstić information content (AvgIpc) is 2.76. The van der Waals surface area contributed by atoms with Gasteiger partial charge in [0.2, 0.25) is 0 Å². The van der Waals surface area contributed by atoms with Gasteiger partial charge in [0, 0.05) is 0 Å². The minimum atomic E-state index is 1.19. The van der Waals surface area contributed by atoms with Gasteiger partial charge in [0.1, 0.15) is 0 Å². The Morgan fingerprint density at radius 3 is 1.72 bits per heavy atom. The Labute approximate surface area is 175 Å². The second-order valence-corrected chi connectivity index (χ2v) is 8.58. The van der Waals surface area contributed by atoms with Crippen LogP contribution in [0.4, 0.5) is 0 Å². The van der Waals surface area contributed by atoms with Crippen molar-refractivity contribution < 1.29 is 0 Å². The topological polar surface area (TPSA) is 0 Å². The van der Waals surface area contributed by atoms with E-state index in [2.05, 4.69) is 73.7 Å². The fraction of sp³-hybridized carbons (Fsp3) is 0.379. The fourth-order valence-corrected chi connectivity index (χ4v) is 4.70. The molecule has 0 heteroatoms. The summed E-state index contributed by atoms with van der Waals surface area (Å²) >= 11 is 0. The Hall–Kier alpha value is -2.34. The number of fused-ring (bicyclic) bond motifs is 4. The lowest BCUT2D eigenvalue weighted by Gasteiger charge is -2.12. The van der Waals surface area contributed by atoms with E-state index in [1.807, 2.05) is 0 Å². The van der Waals surface area contributed by atoms with Gasteiger partial charge < -0.3 is 0 Å². The van der Waals surface area contributed by atoms with Gasteiger partial charge in [0.25, 0.3) is 0 Å². The molecule has 0 aliphatic heterocycles. The van der Waals surface area contributed by atoms with E-state index >= 15 is 0 Å². The molecule has 4 aromatic carbocycles. The van der Waals surface area contributed by atoms with E-state index in [4.69, 9.17) is 0 Å². The molecule has 0 saturated heterocycles. The summed E-state index contributed by atoms with van der Waals surface area (Å²) in [6.07, 6.45) is 13.7. The Balaban J connectivity index is 1.50. The second kappa shape index (κ2) is 9.92. The van der Waals surface area contributed by atoms with E-state index in [-0.39, 0.29) is 0 Å². The number of hydrogen-bond donors (Lipinski definition) is 0. The lowest BCUT2D eigenvalue weighted by molar-refractivity contribution is 0.565. The molecule has 0 N–H and O–H groups in total. The minimum Gasteiger partial charge on any atom is -0.0654 e. The summed E-state index contributed by atoms with van der Waals surface area (Å²) in [6, 6.07) is 24.9. The molecule has 0 fully saturated rings. The van der Waals surface area contributed by atoms with Crippen LogP contribution in [0.15, 0.2) is 66.7 Å². The molecule has 0 radical (unpaired) electrons. The molecule has 0 aliphatic carbocycles. The Kier molecular flexibility index (Phi) is 6.83. The molecule has 0 aliphatic rings. The maximum Gasteiger partial charge on any atom is -0.00963 e. The minimum absolute atomic E-state index is 1.19. The SMILES string of the molecule is CCCCCCCCCCCc1cc2ccccc2c2cc3ccccc3cc12. The van der Waals surface area contributed by atoms with Crippen LogP contribution in [0, 0.1) is 0 Å². The van der Waals surface area contributed by atoms with Crippen LogP contribution >= 0.6 is 0 Å². The molecule has 29 heavy (non-hydrogen) atoms. The van der Waals surface area contributed by atoms with E-state index in [1.165, 1.54) is 102 Å². The molecule has 4 rings (SSSR count). The second-order valence-electron chi connectivity index (χ2n) is 8.58. The lowest BCUT2D eigenvalue weighted by Crippen LogP contribution is -1.91. The van der Waals surface area contributed by atoms with Crippen LogP contribution in [0.2, 0.25) is 0 Å². The van der Waals surface area contributed by atoms with Crippen molar-refractivity contribution in [3.8, 4) is 0 Å². The van der Waals surface area contributed by atoms with Crippen LogP contribution < -0.4 is 0 Å². The molecular weight excluding hydrogens is 348 g/mol. The summed E-state index contributed by atoms with van der Waals surface area (Å²) in [6.45, 7) is 2.29. The first-order valence-electron chi connectivity index (χ1n) is 11.7. The zero-order valence-corrected chi connectivity index (χ0v) is 17.9. The summed E-state index contributed by atoms with van der Waals surface area (Å²) < 4.78 is 0. The van der Waals surface area contributed by atoms with Crippen molar-refractivity contribution in [1.82, 2.24) is 0 Å². The molecule has 0 amide bonds. The van der Waals surface area contributed by atoms with Gasteiger partial charge in [-0.25, -0.2) is 0 Å². The third-order valence-electron chi connectivity index (χ3n) is 6.36.